The van der Waals surface area contributed by atoms with Gasteiger partial charge in [0.05, 0.1) is 12.2 Å². The predicted octanol–water partition coefficient (Wildman–Crippen LogP) is 4.16. The van der Waals surface area contributed by atoms with E-state index in [2.05, 4.69) is 10.2 Å². The van der Waals surface area contributed by atoms with Crippen LogP contribution < -0.4 is 0 Å². The number of carbonyl (C=O) groups excluding carboxylic acids is 2. The van der Waals surface area contributed by atoms with Gasteiger partial charge < -0.3 is 9.80 Å². The number of aromatic nitrogens is 2. The first-order chi connectivity index (χ1) is 15.4. The Labute approximate surface area is 188 Å². The van der Waals surface area contributed by atoms with E-state index in [1.807, 2.05) is 24.3 Å². The van der Waals surface area contributed by atoms with Gasteiger partial charge in [-0.25, -0.2) is 4.39 Å². The maximum absolute atomic E-state index is 13.1. The van der Waals surface area contributed by atoms with Crippen molar-refractivity contribution in [3.8, 4) is 11.3 Å². The van der Waals surface area contributed by atoms with Crippen molar-refractivity contribution in [3.63, 3.8) is 0 Å². The quantitative estimate of drug-likeness (QED) is 0.485. The third-order valence-corrected chi connectivity index (χ3v) is 5.38. The molecular weight excluding hydrogens is 407 g/mol. The van der Waals surface area contributed by atoms with Gasteiger partial charge in [-0.1, -0.05) is 24.6 Å². The normalized spacial score (nSPS) is 10.7. The van der Waals surface area contributed by atoms with E-state index in [4.69, 9.17) is 0 Å². The minimum atomic E-state index is -0.262. The van der Waals surface area contributed by atoms with E-state index < -0.39 is 0 Å². The number of nitrogens with zero attached hydrogens (tertiary/aromatic N) is 3. The first-order valence-electron chi connectivity index (χ1n) is 10.8. The largest absolute Gasteiger partial charge is 0.344 e. The van der Waals surface area contributed by atoms with Crippen LogP contribution in [0.3, 0.4) is 0 Å². The molecule has 1 heterocycles. The summed E-state index contributed by atoms with van der Waals surface area (Å²) in [6, 6.07) is 17.2. The second-order valence-electron chi connectivity index (χ2n) is 7.94. The summed E-state index contributed by atoms with van der Waals surface area (Å²) in [4.78, 5) is 27.9. The van der Waals surface area contributed by atoms with Gasteiger partial charge in [-0.2, -0.15) is 5.10 Å². The number of H-pyrrole nitrogens is 1. The number of aryl methyl sites for hydroxylation is 1. The van der Waals surface area contributed by atoms with Gasteiger partial charge in [-0.15, -0.1) is 0 Å². The van der Waals surface area contributed by atoms with Crippen molar-refractivity contribution in [3.05, 3.63) is 77.7 Å². The van der Waals surface area contributed by atoms with E-state index in [9.17, 15) is 14.0 Å². The molecule has 7 heteroatoms. The molecule has 1 N–H and O–H groups in total. The highest BCUT2D eigenvalue weighted by molar-refractivity contribution is 5.96. The molecule has 0 bridgehead atoms. The molecule has 0 atom stereocenters. The van der Waals surface area contributed by atoms with Crippen LogP contribution in [-0.2, 0) is 11.2 Å². The van der Waals surface area contributed by atoms with Crippen molar-refractivity contribution in [1.29, 1.82) is 0 Å². The molecule has 0 aliphatic heterocycles. The van der Waals surface area contributed by atoms with E-state index in [0.717, 1.165) is 42.6 Å². The zero-order chi connectivity index (χ0) is 22.9. The lowest BCUT2D eigenvalue weighted by molar-refractivity contribution is -0.130. The highest BCUT2D eigenvalue weighted by atomic mass is 19.1. The number of rotatable bonds is 10. The van der Waals surface area contributed by atoms with Crippen LogP contribution >= 0.6 is 0 Å². The number of halogens is 1. The molecule has 6 nitrogen and oxygen atoms in total. The number of nitrogens with one attached hydrogen (secondary N) is 1. The lowest BCUT2D eigenvalue weighted by Crippen LogP contribution is -2.39. The van der Waals surface area contributed by atoms with E-state index >= 15 is 0 Å². The Morgan fingerprint density at radius 1 is 0.938 bits per heavy atom. The molecule has 1 aromatic heterocycles. The summed E-state index contributed by atoms with van der Waals surface area (Å²) in [5.74, 6) is -0.497. The smallest absolute Gasteiger partial charge is 0.254 e. The summed E-state index contributed by atoms with van der Waals surface area (Å²) in [6.07, 6.45) is 3.69. The van der Waals surface area contributed by atoms with Crippen LogP contribution in [0.1, 0.15) is 35.3 Å². The fraction of sp³-hybridized carbons (Fsp3) is 0.320. The minimum Gasteiger partial charge on any atom is -0.344 e. The predicted molar refractivity (Wildman–Crippen MR) is 123 cm³/mol. The van der Waals surface area contributed by atoms with Crippen LogP contribution in [0.2, 0.25) is 0 Å². The molecular formula is C25H29FN4O2. The van der Waals surface area contributed by atoms with Gasteiger partial charge in [-0.3, -0.25) is 14.7 Å². The second-order valence-corrected chi connectivity index (χ2v) is 7.94. The standard InChI is InChI=1S/C25H29FN4O2/c1-29(24(31)18-30(2)25(32)20-9-5-3-6-10-20)16-8-4-7-11-22-17-23(28-27-22)19-12-14-21(26)15-13-19/h3,5-6,9-10,12-15,17H,4,7-8,11,16,18H2,1-2H3,(H,27,28). The van der Waals surface area contributed by atoms with Crippen LogP contribution in [0.15, 0.2) is 60.7 Å². The van der Waals surface area contributed by atoms with E-state index in [1.165, 1.54) is 17.0 Å². The molecule has 0 fully saturated rings. The summed E-state index contributed by atoms with van der Waals surface area (Å²) >= 11 is 0. The molecule has 2 amide bonds. The van der Waals surface area contributed by atoms with E-state index in [1.54, 1.807) is 43.3 Å². The summed E-state index contributed by atoms with van der Waals surface area (Å²) in [6.45, 7) is 0.709. The van der Waals surface area contributed by atoms with E-state index in [-0.39, 0.29) is 24.2 Å². The van der Waals surface area contributed by atoms with Gasteiger partial charge in [0.2, 0.25) is 5.91 Å². The molecule has 2 aromatic carbocycles. The maximum Gasteiger partial charge on any atom is 0.254 e. The summed E-state index contributed by atoms with van der Waals surface area (Å²) < 4.78 is 13.1. The Balaban J connectivity index is 1.35. The molecule has 0 aliphatic rings. The van der Waals surface area contributed by atoms with Crippen LogP contribution in [0.4, 0.5) is 4.39 Å². The number of benzene rings is 2. The fourth-order valence-corrected chi connectivity index (χ4v) is 3.42. The first kappa shape index (κ1) is 23.2. The second kappa shape index (κ2) is 11.2. The third-order valence-electron chi connectivity index (χ3n) is 5.38. The van der Waals surface area contributed by atoms with Crippen molar-refractivity contribution >= 4 is 11.8 Å². The highest BCUT2D eigenvalue weighted by Crippen LogP contribution is 2.19. The fourth-order valence-electron chi connectivity index (χ4n) is 3.42. The zero-order valence-corrected chi connectivity index (χ0v) is 18.6. The Morgan fingerprint density at radius 2 is 1.66 bits per heavy atom. The molecule has 3 rings (SSSR count). The van der Waals surface area contributed by atoms with Crippen molar-refractivity contribution in [2.24, 2.45) is 0 Å². The number of amides is 2. The number of likely N-dealkylation sites (N-methyl/N-ethyl adjacent to an activating group) is 2. The Morgan fingerprint density at radius 3 is 2.38 bits per heavy atom. The van der Waals surface area contributed by atoms with Gasteiger partial charge in [-0.05, 0) is 61.7 Å². The molecule has 3 aromatic rings. The van der Waals surface area contributed by atoms with Crippen molar-refractivity contribution in [2.45, 2.75) is 25.7 Å². The Hall–Kier alpha value is -3.48. The average molecular weight is 437 g/mol. The summed E-state index contributed by atoms with van der Waals surface area (Å²) in [5, 5.41) is 7.33. The number of hydrogen-bond acceptors (Lipinski definition) is 3. The van der Waals surface area contributed by atoms with Gasteiger partial charge in [0.25, 0.3) is 5.91 Å². The van der Waals surface area contributed by atoms with Gasteiger partial charge >= 0.3 is 0 Å². The molecule has 0 spiro atoms. The number of hydrogen-bond donors (Lipinski definition) is 1. The molecule has 0 aliphatic carbocycles. The molecule has 0 saturated heterocycles. The average Bonchev–Trinajstić information content (AvgIpc) is 3.28. The molecule has 0 saturated carbocycles. The van der Waals surface area contributed by atoms with Gasteiger partial charge in [0.15, 0.2) is 0 Å². The SMILES string of the molecule is CN(CCCCCc1cc(-c2ccc(F)cc2)n[nH]1)C(=O)CN(C)C(=O)c1ccccc1. The maximum atomic E-state index is 13.1. The topological polar surface area (TPSA) is 69.3 Å². The molecule has 0 unspecified atom stereocenters. The Kier molecular flexibility index (Phi) is 8.14. The number of carbonyl (C=O) groups is 2. The van der Waals surface area contributed by atoms with Crippen LogP contribution in [0, 0.1) is 5.82 Å². The number of aromatic amines is 1. The first-order valence-corrected chi connectivity index (χ1v) is 10.8. The Bertz CT molecular complexity index is 1020. The van der Waals surface area contributed by atoms with Gasteiger partial charge in [0, 0.05) is 37.5 Å². The molecule has 168 valence electrons. The van der Waals surface area contributed by atoms with E-state index in [0.29, 0.717) is 12.1 Å². The highest BCUT2D eigenvalue weighted by Gasteiger charge is 2.17. The minimum absolute atomic E-state index is 0.0601. The van der Waals surface area contributed by atoms with Crippen molar-refractivity contribution < 1.29 is 14.0 Å². The van der Waals surface area contributed by atoms with Crippen LogP contribution in [0.25, 0.3) is 11.3 Å². The third kappa shape index (κ3) is 6.51. The lowest BCUT2D eigenvalue weighted by atomic mass is 10.1. The van der Waals surface area contributed by atoms with Gasteiger partial charge in [0.1, 0.15) is 5.82 Å². The zero-order valence-electron chi connectivity index (χ0n) is 18.6. The van der Waals surface area contributed by atoms with Crippen LogP contribution in [0.5, 0.6) is 0 Å². The van der Waals surface area contributed by atoms with Crippen molar-refractivity contribution in [2.75, 3.05) is 27.2 Å². The van der Waals surface area contributed by atoms with Crippen molar-refractivity contribution in [1.82, 2.24) is 20.0 Å². The summed E-state index contributed by atoms with van der Waals surface area (Å²) in [5.41, 5.74) is 3.30. The lowest BCUT2D eigenvalue weighted by Gasteiger charge is -2.22. The number of unbranched alkanes of at least 4 members (excludes halogenated alkanes) is 2. The summed E-state index contributed by atoms with van der Waals surface area (Å²) in [7, 11) is 3.42. The monoisotopic (exact) mass is 436 g/mol. The molecule has 0 radical (unpaired) electrons. The van der Waals surface area contributed by atoms with Crippen LogP contribution in [-0.4, -0.2) is 59.0 Å². The molecule has 32 heavy (non-hydrogen) atoms.